The molecule has 5 amide bonds. The zero-order chi connectivity index (χ0) is 42.2. The molecule has 310 valence electrons. The van der Waals surface area contributed by atoms with Crippen LogP contribution in [0.25, 0.3) is 0 Å². The van der Waals surface area contributed by atoms with Gasteiger partial charge in [0.25, 0.3) is 0 Å². The zero-order valence-corrected chi connectivity index (χ0v) is 34.6. The molecule has 2 aromatic carbocycles. The molecule has 1 aromatic heterocycles. The summed E-state index contributed by atoms with van der Waals surface area (Å²) in [6.07, 6.45) is 0.248. The first-order valence-corrected chi connectivity index (χ1v) is 19.7. The molecule has 0 spiro atoms. The number of carbonyl (C=O) groups is 5. The van der Waals surface area contributed by atoms with E-state index in [-0.39, 0.29) is 37.1 Å². The minimum Gasteiger partial charge on any atom is -0.444 e. The highest BCUT2D eigenvalue weighted by Crippen LogP contribution is 2.19. The number of ether oxygens (including phenoxy) is 1. The average Bonchev–Trinajstić information content (AvgIpc) is 3.15. The van der Waals surface area contributed by atoms with Gasteiger partial charge < -0.3 is 36.4 Å². The Bertz CT molecular complexity index is 1740. The lowest BCUT2D eigenvalue weighted by Crippen LogP contribution is -2.64. The van der Waals surface area contributed by atoms with Crippen molar-refractivity contribution in [3.63, 3.8) is 0 Å². The van der Waals surface area contributed by atoms with Gasteiger partial charge >= 0.3 is 6.09 Å². The number of alkyl carbamates (subject to hydrolysis) is 1. The van der Waals surface area contributed by atoms with Crippen molar-refractivity contribution in [2.45, 2.75) is 129 Å². The van der Waals surface area contributed by atoms with Crippen LogP contribution in [-0.2, 0) is 43.3 Å². The number of hydrogen-bond donors (Lipinski definition) is 6. The third-order valence-electron chi connectivity index (χ3n) is 9.47. The molecule has 0 aliphatic heterocycles. The molecule has 6 atom stereocenters. The van der Waals surface area contributed by atoms with Crippen LogP contribution < -0.4 is 26.6 Å². The summed E-state index contributed by atoms with van der Waals surface area (Å²) in [5.41, 5.74) is -0.183. The van der Waals surface area contributed by atoms with Crippen LogP contribution >= 0.6 is 0 Å². The molecule has 0 saturated heterocycles. The van der Waals surface area contributed by atoms with Crippen LogP contribution in [0.1, 0.15) is 91.5 Å². The van der Waals surface area contributed by atoms with Gasteiger partial charge in [-0.05, 0) is 69.2 Å². The van der Waals surface area contributed by atoms with Crippen LogP contribution in [0.3, 0.4) is 0 Å². The highest BCUT2D eigenvalue weighted by atomic mass is 16.6. The smallest absolute Gasteiger partial charge is 0.408 e. The van der Waals surface area contributed by atoms with Crippen molar-refractivity contribution < 1.29 is 33.8 Å². The SMILES string of the molecule is CCC(C)C(NC(=O)CC(O)C(CC(C)C)NC(=O)C(C)(Cc1ccccc1)NC(=O)C(Cc1ccccc1)NC(=O)OC(C)(C)C)C(=O)NCc1ccccn1. The first kappa shape index (κ1) is 46.1. The number of nitrogens with one attached hydrogen (secondary N) is 5. The van der Waals surface area contributed by atoms with Crippen molar-refractivity contribution in [3.8, 4) is 0 Å². The van der Waals surface area contributed by atoms with E-state index in [1.54, 1.807) is 46.0 Å². The van der Waals surface area contributed by atoms with Crippen LogP contribution in [0.5, 0.6) is 0 Å². The summed E-state index contributed by atoms with van der Waals surface area (Å²) in [6, 6.07) is 20.9. The lowest BCUT2D eigenvalue weighted by molar-refractivity contribution is -0.135. The van der Waals surface area contributed by atoms with E-state index in [2.05, 4.69) is 31.6 Å². The van der Waals surface area contributed by atoms with Gasteiger partial charge in [0.05, 0.1) is 30.8 Å². The number of hydrogen-bond acceptors (Lipinski definition) is 8. The second-order valence-electron chi connectivity index (χ2n) is 16.3. The molecule has 6 N–H and O–H groups in total. The largest absolute Gasteiger partial charge is 0.444 e. The van der Waals surface area contributed by atoms with Crippen molar-refractivity contribution in [3.05, 3.63) is 102 Å². The van der Waals surface area contributed by atoms with Gasteiger partial charge in [0.15, 0.2) is 0 Å². The van der Waals surface area contributed by atoms with E-state index < -0.39 is 65.6 Å². The van der Waals surface area contributed by atoms with Gasteiger partial charge in [-0.25, -0.2) is 4.79 Å². The second-order valence-corrected chi connectivity index (χ2v) is 16.3. The fourth-order valence-corrected chi connectivity index (χ4v) is 6.26. The van der Waals surface area contributed by atoms with Crippen molar-refractivity contribution >= 4 is 29.7 Å². The number of carbonyl (C=O) groups excluding carboxylic acids is 5. The number of aromatic nitrogens is 1. The first-order chi connectivity index (χ1) is 26.9. The molecule has 0 aliphatic rings. The maximum atomic E-state index is 14.5. The quantitative estimate of drug-likeness (QED) is 0.0946. The summed E-state index contributed by atoms with van der Waals surface area (Å²) in [4.78, 5) is 72.5. The summed E-state index contributed by atoms with van der Waals surface area (Å²) < 4.78 is 5.47. The lowest BCUT2D eigenvalue weighted by atomic mass is 9.89. The monoisotopic (exact) mass is 786 g/mol. The second kappa shape index (κ2) is 21.9. The Kier molecular flexibility index (Phi) is 17.7. The van der Waals surface area contributed by atoms with Gasteiger partial charge in [-0.15, -0.1) is 0 Å². The van der Waals surface area contributed by atoms with Crippen molar-refractivity contribution in [1.29, 1.82) is 0 Å². The average molecular weight is 787 g/mol. The maximum absolute atomic E-state index is 14.5. The number of benzene rings is 2. The summed E-state index contributed by atoms with van der Waals surface area (Å²) in [5.74, 6) is -2.34. The van der Waals surface area contributed by atoms with Gasteiger partial charge in [0, 0.05) is 19.0 Å². The molecule has 0 fully saturated rings. The summed E-state index contributed by atoms with van der Waals surface area (Å²) in [6.45, 7) is 14.6. The fourth-order valence-electron chi connectivity index (χ4n) is 6.26. The number of aliphatic hydroxyl groups excluding tert-OH is 1. The molecule has 6 unspecified atom stereocenters. The predicted octanol–water partition coefficient (Wildman–Crippen LogP) is 4.76. The Morgan fingerprint density at radius 2 is 1.40 bits per heavy atom. The topological polar surface area (TPSA) is 188 Å². The number of rotatable bonds is 20. The minimum absolute atomic E-state index is 0.00139. The van der Waals surface area contributed by atoms with E-state index in [1.807, 2.05) is 94.4 Å². The van der Waals surface area contributed by atoms with Crippen molar-refractivity contribution in [2.75, 3.05) is 0 Å². The zero-order valence-electron chi connectivity index (χ0n) is 34.6. The standard InChI is InChI=1S/C44H62N6O7/c1-9-30(4)38(40(54)46-28-33-22-16-17-23-45-33)49-37(52)26-36(51)34(24-29(2)3)47-41(55)44(8,27-32-20-14-11-15-21-32)50-39(53)35(25-31-18-12-10-13-19-31)48-42(56)57-43(5,6)7/h10-23,29-30,34-36,38,51H,9,24-28H2,1-8H3,(H,46,54)(H,47,55)(H,48,56)(H,49,52)(H,50,53). The number of aliphatic hydroxyl groups is 1. The minimum atomic E-state index is -1.58. The highest BCUT2D eigenvalue weighted by Gasteiger charge is 2.40. The Balaban J connectivity index is 1.84. The van der Waals surface area contributed by atoms with E-state index in [1.165, 1.54) is 0 Å². The van der Waals surface area contributed by atoms with E-state index in [0.717, 1.165) is 11.1 Å². The van der Waals surface area contributed by atoms with Crippen molar-refractivity contribution in [2.24, 2.45) is 11.8 Å². The van der Waals surface area contributed by atoms with Gasteiger partial charge in [-0.2, -0.15) is 0 Å². The molecular formula is C44H62N6O7. The van der Waals surface area contributed by atoms with Gasteiger partial charge in [-0.3, -0.25) is 24.2 Å². The third-order valence-corrected chi connectivity index (χ3v) is 9.47. The Hall–Kier alpha value is -5.30. The van der Waals surface area contributed by atoms with Crippen LogP contribution in [0.2, 0.25) is 0 Å². The fraction of sp³-hybridized carbons (Fsp3) is 0.500. The van der Waals surface area contributed by atoms with Gasteiger partial charge in [-0.1, -0.05) is 101 Å². The maximum Gasteiger partial charge on any atom is 0.408 e. The van der Waals surface area contributed by atoms with Crippen LogP contribution in [0.15, 0.2) is 85.1 Å². The number of amides is 5. The summed E-state index contributed by atoms with van der Waals surface area (Å²) >= 11 is 0. The predicted molar refractivity (Wildman–Crippen MR) is 219 cm³/mol. The third kappa shape index (κ3) is 16.0. The van der Waals surface area contributed by atoms with E-state index in [4.69, 9.17) is 4.74 Å². The van der Waals surface area contributed by atoms with Crippen LogP contribution in [0.4, 0.5) is 4.79 Å². The molecule has 57 heavy (non-hydrogen) atoms. The van der Waals surface area contributed by atoms with Crippen molar-refractivity contribution in [1.82, 2.24) is 31.6 Å². The molecule has 3 rings (SSSR count). The normalized spacial score (nSPS) is 15.1. The van der Waals surface area contributed by atoms with E-state index in [9.17, 15) is 29.1 Å². The molecule has 13 nitrogen and oxygen atoms in total. The summed E-state index contributed by atoms with van der Waals surface area (Å²) in [5, 5.41) is 25.7. The molecular weight excluding hydrogens is 725 g/mol. The Morgan fingerprint density at radius 3 is 1.96 bits per heavy atom. The molecule has 0 aliphatic carbocycles. The number of nitrogens with zero attached hydrogens (tertiary/aromatic N) is 1. The van der Waals surface area contributed by atoms with Crippen LogP contribution in [-0.4, -0.2) is 75.2 Å². The molecule has 0 radical (unpaired) electrons. The molecule has 3 aromatic rings. The molecule has 0 saturated carbocycles. The highest BCUT2D eigenvalue weighted by molar-refractivity contribution is 5.94. The molecule has 0 bridgehead atoms. The van der Waals surface area contributed by atoms with Gasteiger partial charge in [0.2, 0.25) is 23.6 Å². The van der Waals surface area contributed by atoms with E-state index in [0.29, 0.717) is 18.5 Å². The Morgan fingerprint density at radius 1 is 0.789 bits per heavy atom. The molecule has 13 heteroatoms. The Labute approximate surface area is 337 Å². The first-order valence-electron chi connectivity index (χ1n) is 19.7. The lowest BCUT2D eigenvalue weighted by Gasteiger charge is -2.35. The van der Waals surface area contributed by atoms with Crippen LogP contribution in [0, 0.1) is 11.8 Å². The number of pyridine rings is 1. The van der Waals surface area contributed by atoms with E-state index >= 15 is 0 Å². The van der Waals surface area contributed by atoms with Gasteiger partial charge in [0.1, 0.15) is 23.2 Å². The molecule has 1 heterocycles. The summed E-state index contributed by atoms with van der Waals surface area (Å²) in [7, 11) is 0.